The first-order chi connectivity index (χ1) is 18.0. The molecule has 1 aromatic rings. The second-order valence-corrected chi connectivity index (χ2v) is 18.4. The number of carbonyl (C=O) groups is 1. The molecule has 0 aliphatic carbocycles. The van der Waals surface area contributed by atoms with Crippen molar-refractivity contribution in [3.05, 3.63) is 29.8 Å². The lowest BCUT2D eigenvalue weighted by Crippen LogP contribution is -2.45. The van der Waals surface area contributed by atoms with E-state index < -0.39 is 15.7 Å². The van der Waals surface area contributed by atoms with Gasteiger partial charge in [0.2, 0.25) is 0 Å². The van der Waals surface area contributed by atoms with Gasteiger partial charge in [-0.3, -0.25) is 9.35 Å². The van der Waals surface area contributed by atoms with Crippen LogP contribution in [0.2, 0.25) is 0 Å². The van der Waals surface area contributed by atoms with Crippen LogP contribution in [0, 0.1) is 27.6 Å². The van der Waals surface area contributed by atoms with Crippen molar-refractivity contribution in [3.8, 4) is 0 Å². The Morgan fingerprint density at radius 3 is 1.68 bits per heavy atom. The zero-order chi connectivity index (χ0) is 32.5. The molecule has 0 aliphatic heterocycles. The van der Waals surface area contributed by atoms with Gasteiger partial charge in [-0.15, -0.1) is 0 Å². The average molecular weight is 597 g/mol. The lowest BCUT2D eigenvalue weighted by atomic mass is 9.53. The van der Waals surface area contributed by atoms with Crippen LogP contribution in [0.4, 0.5) is 0 Å². The minimum Gasteiger partial charge on any atom is -0.459 e. The van der Waals surface area contributed by atoms with Gasteiger partial charge in [0.05, 0.1) is 23.0 Å². The van der Waals surface area contributed by atoms with Crippen LogP contribution in [0.5, 0.6) is 0 Å². The van der Waals surface area contributed by atoms with Crippen molar-refractivity contribution in [1.29, 1.82) is 0 Å². The van der Waals surface area contributed by atoms with Gasteiger partial charge in [-0.25, -0.2) is 0 Å². The summed E-state index contributed by atoms with van der Waals surface area (Å²) in [6.07, 6.45) is 2.09. The number of benzene rings is 1. The normalized spacial score (nSPS) is 15.9. The third-order valence-corrected chi connectivity index (χ3v) is 9.54. The van der Waals surface area contributed by atoms with E-state index in [4.69, 9.17) is 9.47 Å². The zero-order valence-electron chi connectivity index (χ0n) is 28.7. The molecule has 238 valence electrons. The molecule has 1 aromatic carbocycles. The molecular formula is C34H60O6S. The van der Waals surface area contributed by atoms with Crippen LogP contribution in [0.15, 0.2) is 29.2 Å². The molecule has 0 amide bonds. The Morgan fingerprint density at radius 1 is 0.805 bits per heavy atom. The Labute approximate surface area is 252 Å². The fourth-order valence-electron chi connectivity index (χ4n) is 5.26. The van der Waals surface area contributed by atoms with Gasteiger partial charge in [0.15, 0.2) is 0 Å². The summed E-state index contributed by atoms with van der Waals surface area (Å²) in [4.78, 5) is 13.7. The summed E-state index contributed by atoms with van der Waals surface area (Å²) in [6.45, 7) is 32.3. The van der Waals surface area contributed by atoms with Crippen molar-refractivity contribution in [2.75, 3.05) is 6.61 Å². The molecule has 0 aliphatic rings. The number of esters is 1. The van der Waals surface area contributed by atoms with Gasteiger partial charge < -0.3 is 9.47 Å². The van der Waals surface area contributed by atoms with Gasteiger partial charge in [0.25, 0.3) is 10.1 Å². The second kappa shape index (κ2) is 12.7. The Hall–Kier alpha value is -1.44. The topological polar surface area (TPSA) is 89.9 Å². The van der Waals surface area contributed by atoms with E-state index in [9.17, 15) is 17.8 Å². The molecule has 0 fully saturated rings. The first-order valence-corrected chi connectivity index (χ1v) is 16.4. The van der Waals surface area contributed by atoms with Crippen molar-refractivity contribution >= 4 is 16.1 Å². The van der Waals surface area contributed by atoms with Crippen LogP contribution >= 0.6 is 0 Å². The van der Waals surface area contributed by atoms with Gasteiger partial charge >= 0.3 is 5.97 Å². The van der Waals surface area contributed by atoms with E-state index in [1.54, 1.807) is 0 Å². The van der Waals surface area contributed by atoms with Crippen molar-refractivity contribution < 1.29 is 27.2 Å². The van der Waals surface area contributed by atoms with E-state index in [-0.39, 0.29) is 50.0 Å². The van der Waals surface area contributed by atoms with Gasteiger partial charge in [-0.1, -0.05) is 81.4 Å². The van der Waals surface area contributed by atoms with Crippen LogP contribution < -0.4 is 0 Å². The lowest BCUT2D eigenvalue weighted by molar-refractivity contribution is -0.170. The number of hydrogen-bond donors (Lipinski definition) is 1. The molecule has 41 heavy (non-hydrogen) atoms. The van der Waals surface area contributed by atoms with E-state index >= 15 is 0 Å². The maximum Gasteiger partial charge on any atom is 0.310 e. The third-order valence-electron chi connectivity index (χ3n) is 8.67. The van der Waals surface area contributed by atoms with Crippen molar-refractivity contribution in [2.24, 2.45) is 27.6 Å². The number of carbonyl (C=O) groups excluding carboxylic acids is 1. The second-order valence-electron chi connectivity index (χ2n) is 17.0. The van der Waals surface area contributed by atoms with Gasteiger partial charge in [0.1, 0.15) is 5.60 Å². The smallest absolute Gasteiger partial charge is 0.310 e. The molecule has 6 nitrogen and oxygen atoms in total. The van der Waals surface area contributed by atoms with Gasteiger partial charge in [-0.2, -0.15) is 8.42 Å². The first-order valence-electron chi connectivity index (χ1n) is 14.9. The predicted octanol–water partition coefficient (Wildman–Crippen LogP) is 9.08. The number of hydrogen-bond acceptors (Lipinski definition) is 5. The third kappa shape index (κ3) is 11.6. The molecule has 0 heterocycles. The Bertz CT molecular complexity index is 1110. The maximum absolute atomic E-state index is 13.8. The summed E-state index contributed by atoms with van der Waals surface area (Å²) in [6, 6.07) is 6.58. The molecule has 0 saturated heterocycles. The molecule has 0 bridgehead atoms. The molecule has 2 unspecified atom stereocenters. The largest absolute Gasteiger partial charge is 0.459 e. The Kier molecular flexibility index (Phi) is 11.6. The maximum atomic E-state index is 13.8. The molecule has 2 atom stereocenters. The zero-order valence-corrected chi connectivity index (χ0v) is 29.5. The molecule has 1 rings (SSSR count). The molecule has 0 radical (unpaired) electrons. The van der Waals surface area contributed by atoms with Crippen LogP contribution in [0.25, 0.3) is 0 Å². The van der Waals surface area contributed by atoms with E-state index in [0.29, 0.717) is 19.4 Å². The fourth-order valence-corrected chi connectivity index (χ4v) is 5.74. The Balaban J connectivity index is 3.39. The molecular weight excluding hydrogens is 536 g/mol. The molecule has 1 N–H and O–H groups in total. The van der Waals surface area contributed by atoms with Gasteiger partial charge in [0, 0.05) is 6.42 Å². The minimum absolute atomic E-state index is 0.00124. The standard InChI is InChI=1S/C34H60O6S/c1-29(2,3)22-26(24-16-18-25(19-17-24)41(36,37)38)34(14,15)32(10,11)23-27(30(4,5)6)28(35)40-33(12,13)20-21-39-31(7,8)9/h16-19,26-27H,20-23H2,1-15H3,(H,36,37,38). The summed E-state index contributed by atoms with van der Waals surface area (Å²) in [5.74, 6) is -0.459. The summed E-state index contributed by atoms with van der Waals surface area (Å²) < 4.78 is 44.9. The van der Waals surface area contributed by atoms with Crippen LogP contribution in [0.3, 0.4) is 0 Å². The van der Waals surface area contributed by atoms with E-state index in [2.05, 4.69) is 69.2 Å². The summed E-state index contributed by atoms with van der Waals surface area (Å²) in [5.41, 5.74) is -0.809. The quantitative estimate of drug-likeness (QED) is 0.191. The summed E-state index contributed by atoms with van der Waals surface area (Å²) in [7, 11) is -4.27. The monoisotopic (exact) mass is 596 g/mol. The number of ether oxygens (including phenoxy) is 2. The lowest BCUT2D eigenvalue weighted by Gasteiger charge is -2.51. The van der Waals surface area contributed by atoms with E-state index in [1.807, 2.05) is 46.8 Å². The van der Waals surface area contributed by atoms with Crippen LogP contribution in [-0.2, 0) is 24.4 Å². The van der Waals surface area contributed by atoms with Crippen molar-refractivity contribution in [2.45, 2.75) is 145 Å². The van der Waals surface area contributed by atoms with E-state index in [1.165, 1.54) is 12.1 Å². The fraction of sp³-hybridized carbons (Fsp3) is 0.794. The number of rotatable bonds is 12. The first kappa shape index (κ1) is 37.6. The van der Waals surface area contributed by atoms with Gasteiger partial charge in [-0.05, 0) is 92.7 Å². The highest BCUT2D eigenvalue weighted by atomic mass is 32.2. The Morgan fingerprint density at radius 2 is 1.29 bits per heavy atom. The highest BCUT2D eigenvalue weighted by molar-refractivity contribution is 7.85. The van der Waals surface area contributed by atoms with Crippen LogP contribution in [0.1, 0.15) is 135 Å². The summed E-state index contributed by atoms with van der Waals surface area (Å²) in [5, 5.41) is 0. The highest BCUT2D eigenvalue weighted by Crippen LogP contribution is 2.56. The molecule has 0 spiro atoms. The molecule has 0 saturated carbocycles. The molecule has 0 aromatic heterocycles. The summed E-state index contributed by atoms with van der Waals surface area (Å²) >= 11 is 0. The van der Waals surface area contributed by atoms with Crippen molar-refractivity contribution in [1.82, 2.24) is 0 Å². The molecule has 7 heteroatoms. The van der Waals surface area contributed by atoms with Crippen LogP contribution in [-0.4, -0.2) is 36.7 Å². The average Bonchev–Trinajstić information content (AvgIpc) is 2.72. The SMILES string of the molecule is CC(C)(C)CC(c1ccc(S(=O)(=O)O)cc1)C(C)(C)C(C)(C)CC(C(=O)OC(C)(C)CCOC(C)(C)C)C(C)(C)C. The van der Waals surface area contributed by atoms with Crippen molar-refractivity contribution in [3.63, 3.8) is 0 Å². The predicted molar refractivity (Wildman–Crippen MR) is 169 cm³/mol. The van der Waals surface area contributed by atoms with E-state index in [0.717, 1.165) is 12.0 Å². The minimum atomic E-state index is -4.27. The highest BCUT2D eigenvalue weighted by Gasteiger charge is 2.49.